The lowest BCUT2D eigenvalue weighted by Gasteiger charge is -2.26. The molecule has 0 spiro atoms. The molecule has 56 heavy (non-hydrogen) atoms. The number of benzene rings is 1. The monoisotopic (exact) mass is 844 g/mol. The number of nitrogens with one attached hydrogen (secondary N) is 1. The Morgan fingerprint density at radius 2 is 1.88 bits per heavy atom. The number of nitrogens with two attached hydrogens (primary N) is 1. The maximum atomic E-state index is 13.0. The van der Waals surface area contributed by atoms with Crippen molar-refractivity contribution >= 4 is 46.4 Å². The van der Waals surface area contributed by atoms with Crippen LogP contribution in [0.25, 0.3) is 31.9 Å². The quantitative estimate of drug-likeness (QED) is 0.0282. The van der Waals surface area contributed by atoms with E-state index in [0.29, 0.717) is 11.3 Å². The summed E-state index contributed by atoms with van der Waals surface area (Å²) >= 11 is 0. The van der Waals surface area contributed by atoms with Crippen LogP contribution in [0.1, 0.15) is 53.4 Å². The van der Waals surface area contributed by atoms with Crippen molar-refractivity contribution in [1.82, 2.24) is 14.5 Å². The largest absolute Gasteiger partial charge is 0.490 e. The number of carbonyl (C=O) groups excluding carboxylic acids is 1. The molecule has 0 radical (unpaired) electrons. The first-order chi connectivity index (χ1) is 26.5. The lowest BCUT2D eigenvalue weighted by molar-refractivity contribution is -0.0581. The predicted octanol–water partition coefficient (Wildman–Crippen LogP) is 3.54. The molecule has 2 aliphatic rings. The van der Waals surface area contributed by atoms with Gasteiger partial charge in [-0.15, -0.1) is 0 Å². The standard InChI is InChI=1S/C27H31N10O16P3/c28-27-33-24-23(25(38)34-27)15(3-2-8-47-26(39)19-7-6-18(50-17-4-1-5-17)9-16(19)11-31-35-29)12-37(24)22-10-20(48-14-32-36-30)21(51-22)13-49-55(43,44)53-56(45,46)52-54(40,41)42/h6-7,9,12,17,20-22H,1,4-5,8,10-11,13-14H2,(H,43,44)(H,45,46)(H2,40,41,42)(H3,28,33,34,38)/t20?,21-,22-/m1/s1. The number of nitrogen functional groups attached to an aromatic ring is 1. The fourth-order valence-corrected chi connectivity index (χ4v) is 8.41. The second-order valence-corrected chi connectivity index (χ2v) is 16.1. The maximum Gasteiger partial charge on any atom is 0.490 e. The topological polar surface area (TPSA) is 388 Å². The Morgan fingerprint density at radius 1 is 1.12 bits per heavy atom. The first-order valence-electron chi connectivity index (χ1n) is 15.9. The third-order valence-electron chi connectivity index (χ3n) is 7.87. The summed E-state index contributed by atoms with van der Waals surface area (Å²) in [6.45, 7) is -2.08. The third-order valence-corrected chi connectivity index (χ3v) is 11.7. The summed E-state index contributed by atoms with van der Waals surface area (Å²) in [5.41, 5.74) is 23.1. The van der Waals surface area contributed by atoms with Crippen molar-refractivity contribution in [3.63, 3.8) is 0 Å². The minimum absolute atomic E-state index is 0.0493. The number of hydrogen-bond donors (Lipinski definition) is 6. The molecule has 300 valence electrons. The van der Waals surface area contributed by atoms with Crippen molar-refractivity contribution in [2.75, 3.05) is 25.7 Å². The Hall–Kier alpha value is -4.78. The zero-order valence-electron chi connectivity index (χ0n) is 28.5. The molecule has 5 atom stereocenters. The van der Waals surface area contributed by atoms with Gasteiger partial charge in [0.15, 0.2) is 12.3 Å². The molecule has 1 aromatic carbocycles. The fourth-order valence-electron chi connectivity index (χ4n) is 5.38. The SMILES string of the molecule is [N-]=[N+]=NCOC1C[C@H](n2cc(C#CCOC(=O)c3ccc(OC4CCC4)cc3CN=[N+]=[N-])c3c(=O)[nH]c(N)nc32)O[C@@H]1COP(=O)(O)OP(=O)(O)OP(=O)(O)O. The van der Waals surface area contributed by atoms with E-state index in [-0.39, 0.29) is 47.2 Å². The van der Waals surface area contributed by atoms with Crippen molar-refractivity contribution in [3.05, 3.63) is 72.3 Å². The van der Waals surface area contributed by atoms with Gasteiger partial charge in [0.25, 0.3) is 5.56 Å². The molecule has 26 nitrogen and oxygen atoms in total. The molecule has 2 fully saturated rings. The average molecular weight is 845 g/mol. The lowest BCUT2D eigenvalue weighted by Crippen LogP contribution is -2.29. The summed E-state index contributed by atoms with van der Waals surface area (Å²) in [6.07, 6.45) is 0.625. The number of fused-ring (bicyclic) bond motifs is 1. The van der Waals surface area contributed by atoms with Crippen LogP contribution in [0.4, 0.5) is 5.95 Å². The van der Waals surface area contributed by atoms with Gasteiger partial charge in [0, 0.05) is 22.4 Å². The maximum absolute atomic E-state index is 13.0. The van der Waals surface area contributed by atoms with Gasteiger partial charge in [0.1, 0.15) is 24.8 Å². The number of phosphoric acid groups is 3. The van der Waals surface area contributed by atoms with Crippen molar-refractivity contribution in [2.45, 2.75) is 56.8 Å². The van der Waals surface area contributed by atoms with Crippen LogP contribution < -0.4 is 16.0 Å². The van der Waals surface area contributed by atoms with E-state index < -0.39 is 73.4 Å². The summed E-state index contributed by atoms with van der Waals surface area (Å²) in [7, 11) is -17.0. The smallest absolute Gasteiger partial charge is 0.490 e. The highest BCUT2D eigenvalue weighted by atomic mass is 31.3. The number of H-pyrrole nitrogens is 1. The molecule has 7 N–H and O–H groups in total. The Morgan fingerprint density at radius 3 is 2.55 bits per heavy atom. The summed E-state index contributed by atoms with van der Waals surface area (Å²) in [4.78, 5) is 74.8. The van der Waals surface area contributed by atoms with Gasteiger partial charge in [-0.2, -0.15) is 13.6 Å². The Labute approximate surface area is 313 Å². The summed E-state index contributed by atoms with van der Waals surface area (Å²) in [5, 5.41) is 6.74. The molecule has 1 saturated heterocycles. The van der Waals surface area contributed by atoms with Crippen LogP contribution in [-0.2, 0) is 47.6 Å². The van der Waals surface area contributed by atoms with Crippen molar-refractivity contribution < 1.29 is 70.2 Å². The van der Waals surface area contributed by atoms with E-state index in [1.165, 1.54) is 16.8 Å². The second-order valence-electron chi connectivity index (χ2n) is 11.7. The van der Waals surface area contributed by atoms with E-state index in [9.17, 15) is 33.1 Å². The molecule has 1 saturated carbocycles. The average Bonchev–Trinajstić information content (AvgIpc) is 3.66. The normalized spacial score (nSPS) is 20.3. The third kappa shape index (κ3) is 11.4. The number of phosphoric ester groups is 1. The van der Waals surface area contributed by atoms with Crippen LogP contribution in [0.15, 0.2) is 39.4 Å². The molecule has 3 aromatic rings. The fraction of sp³-hybridized carbons (Fsp3) is 0.444. The summed E-state index contributed by atoms with van der Waals surface area (Å²) in [6, 6.07) is 4.68. The number of aromatic nitrogens is 3. The highest BCUT2D eigenvalue weighted by Gasteiger charge is 2.44. The number of aromatic amines is 1. The van der Waals surface area contributed by atoms with Gasteiger partial charge in [0.05, 0.1) is 41.9 Å². The van der Waals surface area contributed by atoms with Gasteiger partial charge in [-0.3, -0.25) is 14.3 Å². The molecular weight excluding hydrogens is 813 g/mol. The van der Waals surface area contributed by atoms with E-state index in [1.54, 1.807) is 12.1 Å². The lowest BCUT2D eigenvalue weighted by atomic mass is 9.96. The Kier molecular flexibility index (Phi) is 13.6. The first kappa shape index (κ1) is 42.4. The van der Waals surface area contributed by atoms with Gasteiger partial charge >= 0.3 is 29.4 Å². The van der Waals surface area contributed by atoms with E-state index in [1.807, 2.05) is 0 Å². The zero-order chi connectivity index (χ0) is 40.7. The Bertz CT molecular complexity index is 2340. The van der Waals surface area contributed by atoms with Crippen LogP contribution in [-0.4, -0.2) is 78.3 Å². The molecule has 2 aromatic heterocycles. The highest BCUT2D eigenvalue weighted by Crippen LogP contribution is 2.66. The second kappa shape index (κ2) is 18.0. The first-order valence-corrected chi connectivity index (χ1v) is 20.4. The number of azide groups is 2. The van der Waals surface area contributed by atoms with Crippen LogP contribution >= 0.6 is 23.5 Å². The van der Waals surface area contributed by atoms with Gasteiger partial charge in [-0.25, -0.2) is 18.5 Å². The van der Waals surface area contributed by atoms with Gasteiger partial charge < -0.3 is 48.8 Å². The number of esters is 1. The van der Waals surface area contributed by atoms with Crippen molar-refractivity contribution in [2.24, 2.45) is 10.2 Å². The summed E-state index contributed by atoms with van der Waals surface area (Å²) in [5.74, 6) is 4.81. The molecule has 1 aliphatic carbocycles. The van der Waals surface area contributed by atoms with E-state index >= 15 is 0 Å². The number of carbonyl (C=O) groups is 1. The van der Waals surface area contributed by atoms with E-state index in [0.717, 1.165) is 19.3 Å². The molecular formula is C27H31N10O16P3. The molecule has 1 aliphatic heterocycles. The van der Waals surface area contributed by atoms with Gasteiger partial charge in [-0.1, -0.05) is 22.1 Å². The van der Waals surface area contributed by atoms with Crippen LogP contribution in [0.5, 0.6) is 5.75 Å². The number of nitrogens with zero attached hydrogens (tertiary/aromatic N) is 8. The minimum Gasteiger partial charge on any atom is -0.490 e. The minimum atomic E-state index is -5.82. The number of anilines is 1. The highest BCUT2D eigenvalue weighted by molar-refractivity contribution is 7.66. The summed E-state index contributed by atoms with van der Waals surface area (Å²) < 4.78 is 71.1. The van der Waals surface area contributed by atoms with Gasteiger partial charge in [0.2, 0.25) is 5.95 Å². The number of rotatable bonds is 17. The zero-order valence-corrected chi connectivity index (χ0v) is 31.1. The predicted molar refractivity (Wildman–Crippen MR) is 187 cm³/mol. The van der Waals surface area contributed by atoms with E-state index in [4.69, 9.17) is 50.1 Å². The number of ether oxygens (including phenoxy) is 4. The Balaban J connectivity index is 1.34. The van der Waals surface area contributed by atoms with E-state index in [2.05, 4.69) is 50.5 Å². The molecule has 29 heteroatoms. The molecule has 0 bridgehead atoms. The molecule has 0 amide bonds. The van der Waals surface area contributed by atoms with Crippen molar-refractivity contribution in [1.29, 1.82) is 0 Å². The van der Waals surface area contributed by atoms with Crippen LogP contribution in [0.2, 0.25) is 0 Å². The van der Waals surface area contributed by atoms with Gasteiger partial charge in [-0.05, 0) is 54.1 Å². The van der Waals surface area contributed by atoms with Crippen molar-refractivity contribution in [3.8, 4) is 17.6 Å². The molecule has 3 unspecified atom stereocenters. The molecule has 3 heterocycles. The van der Waals surface area contributed by atoms with Crippen LogP contribution in [0, 0.1) is 11.8 Å². The number of hydrogen-bond acceptors (Lipinski definition) is 16. The van der Waals surface area contributed by atoms with Crippen LogP contribution in [0.3, 0.4) is 0 Å². The molecule has 5 rings (SSSR count).